The number of amides is 3. The fourth-order valence-corrected chi connectivity index (χ4v) is 3.59. The summed E-state index contributed by atoms with van der Waals surface area (Å²) in [6.07, 6.45) is 1.87. The van der Waals surface area contributed by atoms with Gasteiger partial charge in [0.25, 0.3) is 5.91 Å². The third-order valence-corrected chi connectivity index (χ3v) is 5.21. The average molecular weight is 412 g/mol. The van der Waals surface area contributed by atoms with Crippen LogP contribution < -0.4 is 10.1 Å². The van der Waals surface area contributed by atoms with Crippen molar-refractivity contribution < 1.29 is 23.5 Å². The summed E-state index contributed by atoms with van der Waals surface area (Å²) in [7, 11) is 0. The first-order chi connectivity index (χ1) is 14.4. The maximum atomic E-state index is 13.4. The van der Waals surface area contributed by atoms with Crippen LogP contribution in [0.2, 0.25) is 0 Å². The lowest BCUT2D eigenvalue weighted by Gasteiger charge is -2.27. The number of imide groups is 1. The van der Waals surface area contributed by atoms with Crippen molar-refractivity contribution in [3.63, 3.8) is 0 Å². The number of rotatable bonds is 9. The molecule has 1 aliphatic rings. The molecular weight excluding hydrogens is 387 g/mol. The second kappa shape index (κ2) is 9.07. The van der Waals surface area contributed by atoms with Gasteiger partial charge in [-0.05, 0) is 55.3 Å². The van der Waals surface area contributed by atoms with E-state index >= 15 is 0 Å². The topological polar surface area (TPSA) is 75.7 Å². The molecule has 6 nitrogen and oxygen atoms in total. The molecule has 7 heteroatoms. The summed E-state index contributed by atoms with van der Waals surface area (Å²) in [5, 5.41) is 2.76. The molecule has 3 amide bonds. The van der Waals surface area contributed by atoms with Crippen molar-refractivity contribution in [3.05, 3.63) is 65.5 Å². The molecule has 0 aliphatic carbocycles. The molecule has 1 heterocycles. The van der Waals surface area contributed by atoms with Gasteiger partial charge in [-0.2, -0.15) is 0 Å². The summed E-state index contributed by atoms with van der Waals surface area (Å²) in [5.41, 5.74) is -0.404. The zero-order valence-corrected chi connectivity index (χ0v) is 17.1. The SMILES string of the molecule is CCCC[C@]1(c2ccc(F)cc2)NC(=O)N(CC(=O)c2ccc(OCC)cc2)C1=O. The largest absolute Gasteiger partial charge is 0.494 e. The van der Waals surface area contributed by atoms with E-state index in [9.17, 15) is 18.8 Å². The van der Waals surface area contributed by atoms with Crippen LogP contribution in [0.4, 0.5) is 9.18 Å². The Labute approximate surface area is 175 Å². The first-order valence-corrected chi connectivity index (χ1v) is 10.1. The summed E-state index contributed by atoms with van der Waals surface area (Å²) in [6, 6.07) is 11.5. The van der Waals surface area contributed by atoms with Crippen LogP contribution in [0.15, 0.2) is 48.5 Å². The lowest BCUT2D eigenvalue weighted by Crippen LogP contribution is -2.44. The molecule has 1 aliphatic heterocycles. The molecule has 0 saturated carbocycles. The smallest absolute Gasteiger partial charge is 0.325 e. The Bertz CT molecular complexity index is 927. The normalized spacial score (nSPS) is 18.4. The van der Waals surface area contributed by atoms with Gasteiger partial charge in [-0.15, -0.1) is 0 Å². The number of unbranched alkanes of at least 4 members (excludes halogenated alkanes) is 1. The Balaban J connectivity index is 1.83. The molecule has 1 fully saturated rings. The summed E-state index contributed by atoms with van der Waals surface area (Å²) >= 11 is 0. The molecule has 0 radical (unpaired) electrons. The molecule has 1 atom stereocenters. The van der Waals surface area contributed by atoms with E-state index in [2.05, 4.69) is 5.32 Å². The molecule has 0 unspecified atom stereocenters. The van der Waals surface area contributed by atoms with Crippen molar-refractivity contribution in [2.45, 2.75) is 38.6 Å². The first-order valence-electron chi connectivity index (χ1n) is 10.1. The van der Waals surface area contributed by atoms with Crippen LogP contribution in [-0.4, -0.2) is 35.8 Å². The quantitative estimate of drug-likeness (QED) is 0.498. The van der Waals surface area contributed by atoms with Gasteiger partial charge in [0.15, 0.2) is 5.78 Å². The number of carbonyl (C=O) groups is 3. The molecule has 0 bridgehead atoms. The highest BCUT2D eigenvalue weighted by molar-refractivity contribution is 6.11. The second-order valence-corrected chi connectivity index (χ2v) is 7.22. The number of ether oxygens (including phenoxy) is 1. The van der Waals surface area contributed by atoms with Crippen molar-refractivity contribution in [1.29, 1.82) is 0 Å². The van der Waals surface area contributed by atoms with Gasteiger partial charge in [0.1, 0.15) is 17.1 Å². The molecule has 2 aromatic rings. The third kappa shape index (κ3) is 4.20. The maximum absolute atomic E-state index is 13.4. The van der Waals surface area contributed by atoms with Crippen LogP contribution in [0, 0.1) is 5.82 Å². The number of halogens is 1. The van der Waals surface area contributed by atoms with E-state index in [1.807, 2.05) is 13.8 Å². The maximum Gasteiger partial charge on any atom is 0.325 e. The standard InChI is InChI=1S/C23H25FN2O4/c1-3-5-14-23(17-8-10-18(24)11-9-17)21(28)26(22(29)25-23)15-20(27)16-6-12-19(13-7-16)30-4-2/h6-13H,3-5,14-15H2,1-2H3,(H,25,29)/t23-/m1/s1. The number of urea groups is 1. The summed E-state index contributed by atoms with van der Waals surface area (Å²) < 4.78 is 18.8. The number of carbonyl (C=O) groups excluding carboxylic acids is 3. The highest BCUT2D eigenvalue weighted by atomic mass is 19.1. The van der Waals surface area contributed by atoms with Crippen LogP contribution in [-0.2, 0) is 10.3 Å². The molecule has 1 N–H and O–H groups in total. The van der Waals surface area contributed by atoms with Gasteiger partial charge in [0.2, 0.25) is 0 Å². The molecule has 2 aromatic carbocycles. The molecule has 0 spiro atoms. The van der Waals surface area contributed by atoms with Crippen LogP contribution in [0.3, 0.4) is 0 Å². The third-order valence-electron chi connectivity index (χ3n) is 5.21. The summed E-state index contributed by atoms with van der Waals surface area (Å²) in [5.74, 6) is -0.638. The fourth-order valence-electron chi connectivity index (χ4n) is 3.59. The van der Waals surface area contributed by atoms with E-state index in [0.29, 0.717) is 36.3 Å². The average Bonchev–Trinajstić information content (AvgIpc) is 2.98. The summed E-state index contributed by atoms with van der Waals surface area (Å²) in [4.78, 5) is 39.6. The Hall–Kier alpha value is -3.22. The minimum absolute atomic E-state index is 0.355. The van der Waals surface area contributed by atoms with E-state index in [4.69, 9.17) is 4.74 Å². The number of nitrogens with one attached hydrogen (secondary N) is 1. The Morgan fingerprint density at radius 3 is 2.33 bits per heavy atom. The lowest BCUT2D eigenvalue weighted by molar-refractivity contribution is -0.131. The van der Waals surface area contributed by atoms with Gasteiger partial charge < -0.3 is 10.1 Å². The predicted molar refractivity (Wildman–Crippen MR) is 110 cm³/mol. The Morgan fingerprint density at radius 2 is 1.73 bits per heavy atom. The lowest BCUT2D eigenvalue weighted by atomic mass is 9.84. The van der Waals surface area contributed by atoms with Gasteiger partial charge in [-0.3, -0.25) is 14.5 Å². The molecule has 1 saturated heterocycles. The predicted octanol–water partition coefficient (Wildman–Crippen LogP) is 4.04. The number of Topliss-reactive ketones (excluding diaryl/α,β-unsaturated/α-hetero) is 1. The van der Waals surface area contributed by atoms with E-state index in [1.165, 1.54) is 24.3 Å². The van der Waals surface area contributed by atoms with E-state index in [0.717, 1.165) is 11.3 Å². The number of nitrogens with zero attached hydrogens (tertiary/aromatic N) is 1. The highest BCUT2D eigenvalue weighted by Gasteiger charge is 2.52. The zero-order valence-electron chi connectivity index (χ0n) is 17.1. The van der Waals surface area contributed by atoms with Crippen molar-refractivity contribution in [2.75, 3.05) is 13.2 Å². The van der Waals surface area contributed by atoms with Crippen molar-refractivity contribution in [2.24, 2.45) is 0 Å². The molecule has 3 rings (SSSR count). The number of hydrogen-bond donors (Lipinski definition) is 1. The van der Waals surface area contributed by atoms with Crippen LogP contribution in [0.1, 0.15) is 49.0 Å². The first kappa shape index (κ1) is 21.5. The van der Waals surface area contributed by atoms with Crippen LogP contribution in [0.25, 0.3) is 0 Å². The molecule has 30 heavy (non-hydrogen) atoms. The number of ketones is 1. The molecular formula is C23H25FN2O4. The summed E-state index contributed by atoms with van der Waals surface area (Å²) in [6.45, 7) is 3.99. The van der Waals surface area contributed by atoms with Crippen molar-refractivity contribution in [3.8, 4) is 5.75 Å². The number of hydrogen-bond acceptors (Lipinski definition) is 4. The minimum Gasteiger partial charge on any atom is -0.494 e. The van der Waals surface area contributed by atoms with Crippen LogP contribution >= 0.6 is 0 Å². The highest BCUT2D eigenvalue weighted by Crippen LogP contribution is 2.34. The number of benzene rings is 2. The van der Waals surface area contributed by atoms with Gasteiger partial charge in [0.05, 0.1) is 13.2 Å². The van der Waals surface area contributed by atoms with Gasteiger partial charge in [-0.1, -0.05) is 31.9 Å². The second-order valence-electron chi connectivity index (χ2n) is 7.22. The van der Waals surface area contributed by atoms with E-state index < -0.39 is 23.3 Å². The van der Waals surface area contributed by atoms with E-state index in [1.54, 1.807) is 24.3 Å². The van der Waals surface area contributed by atoms with Gasteiger partial charge in [0, 0.05) is 5.56 Å². The Morgan fingerprint density at radius 1 is 1.07 bits per heavy atom. The molecule has 158 valence electrons. The van der Waals surface area contributed by atoms with E-state index in [-0.39, 0.29) is 12.3 Å². The van der Waals surface area contributed by atoms with Gasteiger partial charge in [-0.25, -0.2) is 9.18 Å². The molecule has 0 aromatic heterocycles. The fraction of sp³-hybridized carbons (Fsp3) is 0.348. The Kier molecular flexibility index (Phi) is 6.50. The minimum atomic E-state index is -1.29. The zero-order chi connectivity index (χ0) is 21.7. The van der Waals surface area contributed by atoms with Gasteiger partial charge >= 0.3 is 6.03 Å². The van der Waals surface area contributed by atoms with Crippen molar-refractivity contribution >= 4 is 17.7 Å². The van der Waals surface area contributed by atoms with Crippen molar-refractivity contribution in [1.82, 2.24) is 10.2 Å². The van der Waals surface area contributed by atoms with Crippen LogP contribution in [0.5, 0.6) is 5.75 Å². The monoisotopic (exact) mass is 412 g/mol.